The Morgan fingerprint density at radius 1 is 1.35 bits per heavy atom. The molecule has 20 heavy (non-hydrogen) atoms. The fourth-order valence-electron chi connectivity index (χ4n) is 2.10. The third-order valence-corrected chi connectivity index (χ3v) is 3.13. The van der Waals surface area contributed by atoms with Crippen molar-refractivity contribution >= 4 is 11.9 Å². The molecule has 3 rings (SSSR count). The lowest BCUT2D eigenvalue weighted by molar-refractivity contribution is 0.100. The summed E-state index contributed by atoms with van der Waals surface area (Å²) >= 11 is 0. The number of benzene rings is 1. The van der Waals surface area contributed by atoms with Crippen LogP contribution in [0.5, 0.6) is 11.5 Å². The summed E-state index contributed by atoms with van der Waals surface area (Å²) in [5.41, 5.74) is 2.02. The maximum Gasteiger partial charge on any atom is 0.196 e. The number of methoxy groups -OCH3 is 1. The molecule has 0 radical (unpaired) electrons. The van der Waals surface area contributed by atoms with Gasteiger partial charge in [0.1, 0.15) is 18.1 Å². The number of carbonyl (C=O) groups is 1. The second kappa shape index (κ2) is 5.17. The van der Waals surface area contributed by atoms with E-state index in [9.17, 15) is 4.79 Å². The van der Waals surface area contributed by atoms with E-state index >= 15 is 0 Å². The van der Waals surface area contributed by atoms with Gasteiger partial charge in [0.05, 0.1) is 12.7 Å². The van der Waals surface area contributed by atoms with Crippen LogP contribution in [-0.2, 0) is 0 Å². The fraction of sp³-hybridized carbons (Fsp3) is 0.125. The highest BCUT2D eigenvalue weighted by molar-refractivity contribution is 6.14. The Bertz CT molecular complexity index is 677. The highest BCUT2D eigenvalue weighted by Gasteiger charge is 2.23. The van der Waals surface area contributed by atoms with Crippen molar-refractivity contribution < 1.29 is 14.3 Å². The van der Waals surface area contributed by atoms with Crippen molar-refractivity contribution in [1.29, 1.82) is 0 Å². The first-order chi connectivity index (χ1) is 9.78. The van der Waals surface area contributed by atoms with Crippen molar-refractivity contribution in [3.63, 3.8) is 0 Å². The second-order valence-corrected chi connectivity index (χ2v) is 4.44. The number of carbonyl (C=O) groups excluding carboxylic acids is 1. The van der Waals surface area contributed by atoms with E-state index in [0.29, 0.717) is 22.6 Å². The smallest absolute Gasteiger partial charge is 0.196 e. The van der Waals surface area contributed by atoms with E-state index < -0.39 is 0 Å². The number of pyridine rings is 1. The van der Waals surface area contributed by atoms with Crippen molar-refractivity contribution in [3.8, 4) is 11.5 Å². The van der Waals surface area contributed by atoms with Gasteiger partial charge < -0.3 is 9.47 Å². The van der Waals surface area contributed by atoms with Gasteiger partial charge >= 0.3 is 0 Å². The van der Waals surface area contributed by atoms with Crippen LogP contribution in [0.25, 0.3) is 6.08 Å². The maximum absolute atomic E-state index is 12.5. The van der Waals surface area contributed by atoms with Crippen molar-refractivity contribution in [2.75, 3.05) is 13.7 Å². The average Bonchev–Trinajstić information content (AvgIpc) is 2.51. The lowest BCUT2D eigenvalue weighted by atomic mass is 9.98. The number of ketones is 1. The first kappa shape index (κ1) is 12.4. The second-order valence-electron chi connectivity index (χ2n) is 4.44. The molecule has 0 atom stereocenters. The minimum absolute atomic E-state index is 0.0333. The van der Waals surface area contributed by atoms with Crippen LogP contribution in [0, 0.1) is 0 Å². The molecule has 0 amide bonds. The van der Waals surface area contributed by atoms with Gasteiger partial charge in [-0.2, -0.15) is 0 Å². The normalized spacial score (nSPS) is 15.7. The SMILES string of the molecule is COc1ccc2c(c1)C(=O)/C(=C\c1cccnc1)CO2. The van der Waals surface area contributed by atoms with Crippen LogP contribution in [0.15, 0.2) is 48.3 Å². The predicted molar refractivity (Wildman–Crippen MR) is 75.0 cm³/mol. The molecule has 0 unspecified atom stereocenters. The summed E-state index contributed by atoms with van der Waals surface area (Å²) in [5, 5.41) is 0. The molecule has 4 heteroatoms. The number of hydrogen-bond acceptors (Lipinski definition) is 4. The molecule has 1 aliphatic rings. The summed E-state index contributed by atoms with van der Waals surface area (Å²) in [5.74, 6) is 1.21. The van der Waals surface area contributed by atoms with Gasteiger partial charge in [-0.05, 0) is 35.9 Å². The fourth-order valence-corrected chi connectivity index (χ4v) is 2.10. The van der Waals surface area contributed by atoms with E-state index in [1.54, 1.807) is 43.8 Å². The van der Waals surface area contributed by atoms with Gasteiger partial charge in [-0.3, -0.25) is 9.78 Å². The van der Waals surface area contributed by atoms with E-state index in [-0.39, 0.29) is 12.4 Å². The van der Waals surface area contributed by atoms with Gasteiger partial charge in [0, 0.05) is 18.0 Å². The molecule has 1 aromatic heterocycles. The van der Waals surface area contributed by atoms with Crippen LogP contribution in [0.4, 0.5) is 0 Å². The van der Waals surface area contributed by atoms with Gasteiger partial charge in [0.15, 0.2) is 5.78 Å². The minimum atomic E-state index is -0.0333. The largest absolute Gasteiger partial charge is 0.497 e. The van der Waals surface area contributed by atoms with Gasteiger partial charge in [-0.25, -0.2) is 0 Å². The molecule has 4 nitrogen and oxygen atoms in total. The average molecular weight is 267 g/mol. The summed E-state index contributed by atoms with van der Waals surface area (Å²) in [6.45, 7) is 0.271. The molecule has 2 aromatic rings. The number of hydrogen-bond donors (Lipinski definition) is 0. The zero-order valence-electron chi connectivity index (χ0n) is 11.0. The van der Waals surface area contributed by atoms with Gasteiger partial charge in [-0.1, -0.05) is 6.07 Å². The highest BCUT2D eigenvalue weighted by Crippen LogP contribution is 2.31. The molecule has 2 heterocycles. The Labute approximate surface area is 116 Å². The van der Waals surface area contributed by atoms with Crippen molar-refractivity contribution in [2.24, 2.45) is 0 Å². The van der Waals surface area contributed by atoms with E-state index in [0.717, 1.165) is 5.56 Å². The van der Waals surface area contributed by atoms with E-state index in [1.807, 2.05) is 12.1 Å². The Kier molecular flexibility index (Phi) is 3.21. The molecular weight excluding hydrogens is 254 g/mol. The summed E-state index contributed by atoms with van der Waals surface area (Å²) in [6.07, 6.45) is 5.21. The third-order valence-electron chi connectivity index (χ3n) is 3.13. The standard InChI is InChI=1S/C16H13NO3/c1-19-13-4-5-15-14(8-13)16(18)12(10-20-15)7-11-3-2-6-17-9-11/h2-9H,10H2,1H3/b12-7-. The molecule has 0 saturated heterocycles. The van der Waals surface area contributed by atoms with Gasteiger partial charge in [0.2, 0.25) is 0 Å². The van der Waals surface area contributed by atoms with Crippen molar-refractivity contribution in [2.45, 2.75) is 0 Å². The Hall–Kier alpha value is -2.62. The first-order valence-corrected chi connectivity index (χ1v) is 6.24. The minimum Gasteiger partial charge on any atom is -0.497 e. The Morgan fingerprint density at radius 2 is 2.25 bits per heavy atom. The van der Waals surface area contributed by atoms with Crippen LogP contribution in [0.2, 0.25) is 0 Å². The Morgan fingerprint density at radius 3 is 3.00 bits per heavy atom. The lowest BCUT2D eigenvalue weighted by Crippen LogP contribution is -2.19. The summed E-state index contributed by atoms with van der Waals surface area (Å²) in [6, 6.07) is 8.97. The molecule has 100 valence electrons. The molecule has 0 bridgehead atoms. The number of fused-ring (bicyclic) bond motifs is 1. The van der Waals surface area contributed by atoms with Crippen LogP contribution in [0.3, 0.4) is 0 Å². The van der Waals surface area contributed by atoms with Crippen LogP contribution >= 0.6 is 0 Å². The molecule has 0 fully saturated rings. The van der Waals surface area contributed by atoms with E-state index in [2.05, 4.69) is 4.98 Å². The zero-order valence-corrected chi connectivity index (χ0v) is 11.0. The molecule has 0 spiro atoms. The quantitative estimate of drug-likeness (QED) is 0.785. The van der Waals surface area contributed by atoms with Crippen LogP contribution < -0.4 is 9.47 Å². The van der Waals surface area contributed by atoms with Crippen molar-refractivity contribution in [3.05, 3.63) is 59.4 Å². The maximum atomic E-state index is 12.5. The topological polar surface area (TPSA) is 48.4 Å². The zero-order chi connectivity index (χ0) is 13.9. The summed E-state index contributed by atoms with van der Waals surface area (Å²) in [4.78, 5) is 16.5. The highest BCUT2D eigenvalue weighted by atomic mass is 16.5. The molecule has 1 aliphatic heterocycles. The predicted octanol–water partition coefficient (Wildman–Crippen LogP) is 2.75. The first-order valence-electron chi connectivity index (χ1n) is 6.24. The molecule has 0 aliphatic carbocycles. The number of rotatable bonds is 2. The lowest BCUT2D eigenvalue weighted by Gasteiger charge is -2.19. The monoisotopic (exact) mass is 267 g/mol. The third kappa shape index (κ3) is 2.28. The molecular formula is C16H13NO3. The molecule has 0 N–H and O–H groups in total. The number of Topliss-reactive ketones (excluding diaryl/α,β-unsaturated/α-hetero) is 1. The van der Waals surface area contributed by atoms with Gasteiger partial charge in [0.25, 0.3) is 0 Å². The summed E-state index contributed by atoms with van der Waals surface area (Å²) < 4.78 is 10.8. The van der Waals surface area contributed by atoms with Crippen molar-refractivity contribution in [1.82, 2.24) is 4.98 Å². The number of aromatic nitrogens is 1. The van der Waals surface area contributed by atoms with E-state index in [4.69, 9.17) is 9.47 Å². The number of ether oxygens (including phenoxy) is 2. The molecule has 1 aromatic carbocycles. The molecule has 0 saturated carbocycles. The van der Waals surface area contributed by atoms with Gasteiger partial charge in [-0.15, -0.1) is 0 Å². The summed E-state index contributed by atoms with van der Waals surface area (Å²) in [7, 11) is 1.57. The van der Waals surface area contributed by atoms with Crippen LogP contribution in [-0.4, -0.2) is 24.5 Å². The van der Waals surface area contributed by atoms with Crippen LogP contribution in [0.1, 0.15) is 15.9 Å². The Balaban J connectivity index is 1.98. The van der Waals surface area contributed by atoms with E-state index in [1.165, 1.54) is 0 Å². The number of nitrogens with zero attached hydrogens (tertiary/aromatic N) is 1.